The van der Waals surface area contributed by atoms with Crippen molar-refractivity contribution >= 4 is 5.91 Å². The second kappa shape index (κ2) is 5.81. The van der Waals surface area contributed by atoms with Gasteiger partial charge in [-0.05, 0) is 12.3 Å². The van der Waals surface area contributed by atoms with Crippen LogP contribution in [0.1, 0.15) is 27.7 Å². The number of carbonyl (C=O) groups excluding carboxylic acids is 1. The highest BCUT2D eigenvalue weighted by atomic mass is 16.5. The molecule has 0 rings (SSSR count). The minimum atomic E-state index is -0.416. The maximum Gasteiger partial charge on any atom is 0.249 e. The largest absolute Gasteiger partial charge is 0.364 e. The van der Waals surface area contributed by atoms with Crippen LogP contribution < -0.4 is 5.32 Å². The van der Waals surface area contributed by atoms with Crippen molar-refractivity contribution in [1.29, 1.82) is 0 Å². The zero-order chi connectivity index (χ0) is 11.2. The third-order valence-corrected chi connectivity index (χ3v) is 1.76. The molecule has 0 aliphatic carbocycles. The molecular formula is C11H21NO2. The maximum absolute atomic E-state index is 11.6. The van der Waals surface area contributed by atoms with Crippen LogP contribution in [0.15, 0.2) is 12.7 Å². The molecule has 0 spiro atoms. The standard InChI is InChI=1S/C11H21NO2/c1-6-8-14-9(11(3,4)5)10(13)12-7-2/h6,9H,1,7-8H2,2-5H3,(H,12,13). The van der Waals surface area contributed by atoms with Gasteiger partial charge in [-0.1, -0.05) is 26.8 Å². The molecule has 3 nitrogen and oxygen atoms in total. The van der Waals surface area contributed by atoms with Crippen LogP contribution in [0.3, 0.4) is 0 Å². The fourth-order valence-electron chi connectivity index (χ4n) is 1.15. The third kappa shape index (κ3) is 4.42. The molecule has 1 N–H and O–H groups in total. The summed E-state index contributed by atoms with van der Waals surface area (Å²) in [5, 5.41) is 2.76. The molecule has 0 aromatic rings. The molecule has 1 atom stereocenters. The average Bonchev–Trinajstić information content (AvgIpc) is 2.03. The fraction of sp³-hybridized carbons (Fsp3) is 0.727. The monoisotopic (exact) mass is 199 g/mol. The van der Waals surface area contributed by atoms with Gasteiger partial charge in [0, 0.05) is 6.54 Å². The van der Waals surface area contributed by atoms with Gasteiger partial charge in [0.25, 0.3) is 0 Å². The average molecular weight is 199 g/mol. The lowest BCUT2D eigenvalue weighted by Crippen LogP contribution is -2.44. The van der Waals surface area contributed by atoms with Crippen LogP contribution >= 0.6 is 0 Å². The molecule has 0 heterocycles. The molecule has 0 aliphatic rings. The summed E-state index contributed by atoms with van der Waals surface area (Å²) >= 11 is 0. The predicted octanol–water partition coefficient (Wildman–Crippen LogP) is 1.74. The number of carbonyl (C=O) groups is 1. The van der Waals surface area contributed by atoms with Crippen LogP contribution in [0.25, 0.3) is 0 Å². The first-order valence-electron chi connectivity index (χ1n) is 4.93. The molecule has 1 unspecified atom stereocenters. The summed E-state index contributed by atoms with van der Waals surface area (Å²) in [6, 6.07) is 0. The third-order valence-electron chi connectivity index (χ3n) is 1.76. The van der Waals surface area contributed by atoms with E-state index in [2.05, 4.69) is 11.9 Å². The lowest BCUT2D eigenvalue weighted by atomic mass is 9.88. The van der Waals surface area contributed by atoms with Gasteiger partial charge in [-0.2, -0.15) is 0 Å². The highest BCUT2D eigenvalue weighted by Crippen LogP contribution is 2.22. The van der Waals surface area contributed by atoms with E-state index in [4.69, 9.17) is 4.74 Å². The van der Waals surface area contributed by atoms with Crippen molar-refractivity contribution in [2.75, 3.05) is 13.2 Å². The Morgan fingerprint density at radius 1 is 1.57 bits per heavy atom. The van der Waals surface area contributed by atoms with Gasteiger partial charge in [0.1, 0.15) is 6.10 Å². The summed E-state index contributed by atoms with van der Waals surface area (Å²) in [4.78, 5) is 11.6. The maximum atomic E-state index is 11.6. The Labute approximate surface area is 86.5 Å². The van der Waals surface area contributed by atoms with Gasteiger partial charge in [0.2, 0.25) is 5.91 Å². The van der Waals surface area contributed by atoms with Crippen molar-refractivity contribution in [1.82, 2.24) is 5.32 Å². The van der Waals surface area contributed by atoms with Gasteiger partial charge in [0.05, 0.1) is 6.61 Å². The summed E-state index contributed by atoms with van der Waals surface area (Å²) in [7, 11) is 0. The second-order valence-corrected chi connectivity index (χ2v) is 4.26. The van der Waals surface area contributed by atoms with Crippen molar-refractivity contribution in [2.24, 2.45) is 5.41 Å². The van der Waals surface area contributed by atoms with Gasteiger partial charge < -0.3 is 10.1 Å². The Bertz CT molecular complexity index is 194. The molecule has 0 saturated carbocycles. The molecule has 3 heteroatoms. The van der Waals surface area contributed by atoms with Gasteiger partial charge in [0.15, 0.2) is 0 Å². The quantitative estimate of drug-likeness (QED) is 0.685. The first-order valence-corrected chi connectivity index (χ1v) is 4.93. The van der Waals surface area contributed by atoms with Crippen LogP contribution in [0.2, 0.25) is 0 Å². The molecule has 82 valence electrons. The van der Waals surface area contributed by atoms with E-state index in [9.17, 15) is 4.79 Å². The van der Waals surface area contributed by atoms with Gasteiger partial charge in [-0.15, -0.1) is 6.58 Å². The van der Waals surface area contributed by atoms with E-state index in [1.165, 1.54) is 0 Å². The predicted molar refractivity (Wildman–Crippen MR) is 58.1 cm³/mol. The van der Waals surface area contributed by atoms with E-state index in [-0.39, 0.29) is 11.3 Å². The van der Waals surface area contributed by atoms with Gasteiger partial charge in [-0.3, -0.25) is 4.79 Å². The minimum absolute atomic E-state index is 0.0538. The number of ether oxygens (including phenoxy) is 1. The number of amides is 1. The summed E-state index contributed by atoms with van der Waals surface area (Å²) in [5.74, 6) is -0.0538. The molecular weight excluding hydrogens is 178 g/mol. The fourth-order valence-corrected chi connectivity index (χ4v) is 1.15. The number of likely N-dealkylation sites (N-methyl/N-ethyl adjacent to an activating group) is 1. The van der Waals surface area contributed by atoms with Crippen molar-refractivity contribution in [2.45, 2.75) is 33.8 Å². The number of hydrogen-bond acceptors (Lipinski definition) is 2. The summed E-state index contributed by atoms with van der Waals surface area (Å²) in [5.41, 5.74) is -0.192. The SMILES string of the molecule is C=CCOC(C(=O)NCC)C(C)(C)C. The Balaban J connectivity index is 4.38. The Kier molecular flexibility index (Phi) is 5.46. The molecule has 0 aromatic heterocycles. The summed E-state index contributed by atoms with van der Waals surface area (Å²) < 4.78 is 5.44. The van der Waals surface area contributed by atoms with E-state index in [1.807, 2.05) is 27.7 Å². The molecule has 0 aliphatic heterocycles. The highest BCUT2D eigenvalue weighted by molar-refractivity contribution is 5.81. The van der Waals surface area contributed by atoms with Crippen LogP contribution in [0, 0.1) is 5.41 Å². The van der Waals surface area contributed by atoms with Crippen LogP contribution in [0.4, 0.5) is 0 Å². The molecule has 0 saturated heterocycles. The highest BCUT2D eigenvalue weighted by Gasteiger charge is 2.31. The minimum Gasteiger partial charge on any atom is -0.364 e. The lowest BCUT2D eigenvalue weighted by molar-refractivity contribution is -0.138. The Hall–Kier alpha value is -0.830. The van der Waals surface area contributed by atoms with Gasteiger partial charge >= 0.3 is 0 Å². The molecule has 14 heavy (non-hydrogen) atoms. The zero-order valence-electron chi connectivity index (χ0n) is 9.59. The molecule has 0 fully saturated rings. The first-order chi connectivity index (χ1) is 6.43. The van der Waals surface area contributed by atoms with Crippen molar-refractivity contribution in [3.63, 3.8) is 0 Å². The Morgan fingerprint density at radius 3 is 2.50 bits per heavy atom. The van der Waals surface area contributed by atoms with E-state index in [1.54, 1.807) is 6.08 Å². The van der Waals surface area contributed by atoms with E-state index in [0.717, 1.165) is 0 Å². The van der Waals surface area contributed by atoms with Crippen LogP contribution in [0.5, 0.6) is 0 Å². The van der Waals surface area contributed by atoms with Crippen molar-refractivity contribution in [3.05, 3.63) is 12.7 Å². The number of hydrogen-bond donors (Lipinski definition) is 1. The van der Waals surface area contributed by atoms with Crippen LogP contribution in [-0.4, -0.2) is 25.2 Å². The molecule has 0 bridgehead atoms. The van der Waals surface area contributed by atoms with Crippen molar-refractivity contribution in [3.8, 4) is 0 Å². The molecule has 0 aromatic carbocycles. The first kappa shape index (κ1) is 13.2. The number of nitrogens with one attached hydrogen (secondary N) is 1. The van der Waals surface area contributed by atoms with Crippen LogP contribution in [-0.2, 0) is 9.53 Å². The summed E-state index contributed by atoms with van der Waals surface area (Å²) in [6.07, 6.45) is 1.23. The normalized spacial score (nSPS) is 13.4. The zero-order valence-corrected chi connectivity index (χ0v) is 9.59. The topological polar surface area (TPSA) is 38.3 Å². The number of rotatable bonds is 5. The van der Waals surface area contributed by atoms with E-state index in [0.29, 0.717) is 13.2 Å². The molecule has 0 radical (unpaired) electrons. The van der Waals surface area contributed by atoms with Crippen molar-refractivity contribution < 1.29 is 9.53 Å². The smallest absolute Gasteiger partial charge is 0.249 e. The Morgan fingerprint density at radius 2 is 2.14 bits per heavy atom. The summed E-state index contributed by atoms with van der Waals surface area (Å²) in [6.45, 7) is 12.4. The lowest BCUT2D eigenvalue weighted by Gasteiger charge is -2.28. The molecule has 1 amide bonds. The van der Waals surface area contributed by atoms with E-state index >= 15 is 0 Å². The second-order valence-electron chi connectivity index (χ2n) is 4.26. The van der Waals surface area contributed by atoms with E-state index < -0.39 is 6.10 Å². The van der Waals surface area contributed by atoms with Gasteiger partial charge in [-0.25, -0.2) is 0 Å².